The first-order valence-corrected chi connectivity index (χ1v) is 6.37. The molecule has 0 saturated carbocycles. The van der Waals surface area contributed by atoms with Crippen molar-refractivity contribution in [2.75, 3.05) is 0 Å². The monoisotopic (exact) mass is 352 g/mol. The largest absolute Gasteiger partial charge is 0.322 e. The highest BCUT2D eigenvalue weighted by atomic mass is 35.5. The van der Waals surface area contributed by atoms with Crippen molar-refractivity contribution in [2.24, 2.45) is 11.5 Å². The third kappa shape index (κ3) is 4.26. The van der Waals surface area contributed by atoms with Gasteiger partial charge in [0.1, 0.15) is 0 Å². The third-order valence-corrected chi connectivity index (χ3v) is 3.60. The van der Waals surface area contributed by atoms with Crippen LogP contribution in [-0.2, 0) is 0 Å². The van der Waals surface area contributed by atoms with Gasteiger partial charge in [-0.2, -0.15) is 0 Å². The van der Waals surface area contributed by atoms with Crippen molar-refractivity contribution in [3.8, 4) is 0 Å². The molecule has 0 radical (unpaired) electrons. The highest BCUT2D eigenvalue weighted by molar-refractivity contribution is 6.31. The molecule has 2 aromatic carbocycles. The molecule has 0 unspecified atom stereocenters. The van der Waals surface area contributed by atoms with Crippen molar-refractivity contribution in [1.29, 1.82) is 0 Å². The van der Waals surface area contributed by atoms with Crippen LogP contribution in [-0.4, -0.2) is 0 Å². The van der Waals surface area contributed by atoms with E-state index >= 15 is 0 Å². The Balaban J connectivity index is 0.00000180. The van der Waals surface area contributed by atoms with Crippen LogP contribution in [0.25, 0.3) is 0 Å². The van der Waals surface area contributed by atoms with Gasteiger partial charge in [-0.15, -0.1) is 24.8 Å². The molecule has 0 spiro atoms. The van der Waals surface area contributed by atoms with E-state index in [1.165, 1.54) is 0 Å². The van der Waals surface area contributed by atoms with Crippen molar-refractivity contribution in [2.45, 2.75) is 12.1 Å². The van der Waals surface area contributed by atoms with Crippen molar-refractivity contribution < 1.29 is 0 Å². The first kappa shape index (κ1) is 19.5. The summed E-state index contributed by atoms with van der Waals surface area (Å²) in [6, 6.07) is 14.1. The molecule has 2 nitrogen and oxygen atoms in total. The highest BCUT2D eigenvalue weighted by Crippen LogP contribution is 2.32. The minimum absolute atomic E-state index is 0. The molecule has 0 aromatic heterocycles. The topological polar surface area (TPSA) is 52.0 Å². The fraction of sp³-hybridized carbons (Fsp3) is 0.143. The summed E-state index contributed by atoms with van der Waals surface area (Å²) in [7, 11) is 0. The molecule has 0 aliphatic rings. The fourth-order valence-corrected chi connectivity index (χ4v) is 2.40. The zero-order chi connectivity index (χ0) is 13.1. The van der Waals surface area contributed by atoms with Crippen LogP contribution in [0, 0.1) is 0 Å². The summed E-state index contributed by atoms with van der Waals surface area (Å²) in [6.45, 7) is 0. The summed E-state index contributed by atoms with van der Waals surface area (Å²) >= 11 is 12.2. The Bertz CT molecular complexity index is 499. The smallest absolute Gasteiger partial charge is 0.0506 e. The Morgan fingerprint density at radius 3 is 1.25 bits per heavy atom. The first-order valence-electron chi connectivity index (χ1n) is 5.61. The molecule has 2 rings (SSSR count). The maximum Gasteiger partial charge on any atom is 0.0506 e. The minimum Gasteiger partial charge on any atom is -0.322 e. The SMILES string of the molecule is Cl.Cl.N[C@H](c1ccccc1Cl)[C@H](N)c1ccccc1Cl. The fourth-order valence-electron chi connectivity index (χ4n) is 1.88. The molecule has 0 saturated heterocycles. The van der Waals surface area contributed by atoms with Crippen LogP contribution in [0.2, 0.25) is 10.0 Å². The van der Waals surface area contributed by atoms with E-state index < -0.39 is 12.1 Å². The Morgan fingerprint density at radius 2 is 0.950 bits per heavy atom. The van der Waals surface area contributed by atoms with E-state index in [1.807, 2.05) is 36.4 Å². The van der Waals surface area contributed by atoms with E-state index in [2.05, 4.69) is 0 Å². The molecule has 2 aromatic rings. The van der Waals surface area contributed by atoms with Gasteiger partial charge in [-0.3, -0.25) is 0 Å². The molecule has 6 heteroatoms. The highest BCUT2D eigenvalue weighted by Gasteiger charge is 2.20. The van der Waals surface area contributed by atoms with Gasteiger partial charge in [-0.1, -0.05) is 59.6 Å². The maximum absolute atomic E-state index is 6.17. The van der Waals surface area contributed by atoms with Gasteiger partial charge in [-0.05, 0) is 23.3 Å². The first-order chi connectivity index (χ1) is 8.61. The van der Waals surface area contributed by atoms with Gasteiger partial charge in [0.2, 0.25) is 0 Å². The molecule has 0 heterocycles. The predicted molar refractivity (Wildman–Crippen MR) is 91.3 cm³/mol. The van der Waals surface area contributed by atoms with Gasteiger partial charge < -0.3 is 11.5 Å². The van der Waals surface area contributed by atoms with E-state index in [1.54, 1.807) is 12.1 Å². The number of hydrogen-bond acceptors (Lipinski definition) is 2. The average molecular weight is 354 g/mol. The van der Waals surface area contributed by atoms with Crippen LogP contribution in [0.15, 0.2) is 48.5 Å². The van der Waals surface area contributed by atoms with Gasteiger partial charge in [0, 0.05) is 10.0 Å². The summed E-state index contributed by atoms with van der Waals surface area (Å²) in [5, 5.41) is 1.24. The lowest BCUT2D eigenvalue weighted by molar-refractivity contribution is 0.575. The van der Waals surface area contributed by atoms with E-state index in [4.69, 9.17) is 34.7 Å². The van der Waals surface area contributed by atoms with Crippen LogP contribution in [0.3, 0.4) is 0 Å². The number of nitrogens with two attached hydrogens (primary N) is 2. The normalized spacial score (nSPS) is 12.8. The second kappa shape index (κ2) is 8.73. The van der Waals surface area contributed by atoms with Crippen molar-refractivity contribution in [1.82, 2.24) is 0 Å². The van der Waals surface area contributed by atoms with Crippen LogP contribution in [0.1, 0.15) is 23.2 Å². The predicted octanol–water partition coefficient (Wildman–Crippen LogP) is 4.54. The molecule has 2 atom stereocenters. The maximum atomic E-state index is 6.17. The molecule has 20 heavy (non-hydrogen) atoms. The zero-order valence-corrected chi connectivity index (χ0v) is 13.6. The van der Waals surface area contributed by atoms with Crippen LogP contribution >= 0.6 is 48.0 Å². The summed E-state index contributed by atoms with van der Waals surface area (Å²) in [6.07, 6.45) is 0. The molecule has 0 aliphatic heterocycles. The Labute approximate surface area is 141 Å². The van der Waals surface area contributed by atoms with Gasteiger partial charge >= 0.3 is 0 Å². The van der Waals surface area contributed by atoms with Gasteiger partial charge in [0.15, 0.2) is 0 Å². The minimum atomic E-state index is -0.390. The quantitative estimate of drug-likeness (QED) is 0.851. The molecular formula is C14H16Cl4N2. The third-order valence-electron chi connectivity index (χ3n) is 2.92. The van der Waals surface area contributed by atoms with Crippen LogP contribution in [0.4, 0.5) is 0 Å². The second-order valence-corrected chi connectivity index (χ2v) is 4.91. The standard InChI is InChI=1S/C14H14Cl2N2.2ClH/c15-11-7-3-1-5-9(11)13(17)14(18)10-6-2-4-8-12(10)16;;/h1-8,13-14H,17-18H2;2*1H/t13-,14-;;/m1../s1. The van der Waals surface area contributed by atoms with Gasteiger partial charge in [0.25, 0.3) is 0 Å². The summed E-state index contributed by atoms with van der Waals surface area (Å²) in [4.78, 5) is 0. The van der Waals surface area contributed by atoms with E-state index in [0.29, 0.717) is 10.0 Å². The Morgan fingerprint density at radius 1 is 0.650 bits per heavy atom. The molecular weight excluding hydrogens is 338 g/mol. The summed E-state index contributed by atoms with van der Waals surface area (Å²) in [5.41, 5.74) is 14.0. The summed E-state index contributed by atoms with van der Waals surface area (Å²) in [5.74, 6) is 0. The molecule has 110 valence electrons. The molecule has 4 N–H and O–H groups in total. The number of halogens is 4. The van der Waals surface area contributed by atoms with Gasteiger partial charge in [-0.25, -0.2) is 0 Å². The second-order valence-electron chi connectivity index (χ2n) is 4.09. The lowest BCUT2D eigenvalue weighted by Gasteiger charge is -2.22. The molecule has 0 fully saturated rings. The van der Waals surface area contributed by atoms with E-state index in [0.717, 1.165) is 11.1 Å². The van der Waals surface area contributed by atoms with Crippen LogP contribution < -0.4 is 11.5 Å². The van der Waals surface area contributed by atoms with Gasteiger partial charge in [0.05, 0.1) is 12.1 Å². The lowest BCUT2D eigenvalue weighted by Crippen LogP contribution is -2.27. The van der Waals surface area contributed by atoms with Crippen LogP contribution in [0.5, 0.6) is 0 Å². The van der Waals surface area contributed by atoms with E-state index in [-0.39, 0.29) is 24.8 Å². The average Bonchev–Trinajstić information content (AvgIpc) is 2.38. The molecule has 0 amide bonds. The van der Waals surface area contributed by atoms with Crippen molar-refractivity contribution in [3.63, 3.8) is 0 Å². The lowest BCUT2D eigenvalue weighted by atomic mass is 9.95. The molecule has 0 bridgehead atoms. The Kier molecular flexibility index (Phi) is 8.52. The number of hydrogen-bond donors (Lipinski definition) is 2. The Hall–Kier alpha value is -0.480. The van der Waals surface area contributed by atoms with Crippen molar-refractivity contribution in [3.05, 3.63) is 69.7 Å². The number of rotatable bonds is 3. The zero-order valence-electron chi connectivity index (χ0n) is 10.5. The van der Waals surface area contributed by atoms with E-state index in [9.17, 15) is 0 Å². The number of benzene rings is 2. The van der Waals surface area contributed by atoms with Crippen molar-refractivity contribution >= 4 is 48.0 Å². The summed E-state index contributed by atoms with van der Waals surface area (Å²) < 4.78 is 0. The molecule has 0 aliphatic carbocycles.